The van der Waals surface area contributed by atoms with Crippen LogP contribution in [0.3, 0.4) is 0 Å². The van der Waals surface area contributed by atoms with Gasteiger partial charge in [-0.15, -0.1) is 0 Å². The Morgan fingerprint density at radius 2 is 1.78 bits per heavy atom. The minimum absolute atomic E-state index is 0.268. The van der Waals surface area contributed by atoms with Crippen LogP contribution in [0.1, 0.15) is 23.5 Å². The Bertz CT molecular complexity index is 949. The van der Waals surface area contributed by atoms with Gasteiger partial charge in [0.2, 0.25) is 5.91 Å². The number of rotatable bonds is 8. The molecule has 2 unspecified atom stereocenters. The highest BCUT2D eigenvalue weighted by Crippen LogP contribution is 2.26. The number of carbonyl (C=O) groups excluding carboxylic acids is 2. The number of amides is 1. The average Bonchev–Trinajstić information content (AvgIpc) is 3.09. The van der Waals surface area contributed by atoms with Crippen LogP contribution in [0.2, 0.25) is 0 Å². The Morgan fingerprint density at radius 1 is 1.07 bits per heavy atom. The maximum absolute atomic E-state index is 12.9. The summed E-state index contributed by atoms with van der Waals surface area (Å²) < 4.78 is 0. The molecule has 2 aromatic carbocycles. The van der Waals surface area contributed by atoms with Crippen LogP contribution in [-0.2, 0) is 20.8 Å². The van der Waals surface area contributed by atoms with Crippen molar-refractivity contribution in [2.24, 2.45) is 0 Å². The van der Waals surface area contributed by atoms with Crippen molar-refractivity contribution >= 4 is 29.1 Å². The number of aromatic nitrogens is 1. The number of aliphatic carboxylic acids is 1. The van der Waals surface area contributed by atoms with Crippen LogP contribution in [0.4, 0.5) is 0 Å². The quantitative estimate of drug-likeness (QED) is 0.535. The van der Waals surface area contributed by atoms with Gasteiger partial charge >= 0.3 is 5.97 Å². The summed E-state index contributed by atoms with van der Waals surface area (Å²) in [5, 5.41) is 12.7. The molecule has 0 fully saturated rings. The maximum atomic E-state index is 12.9. The molecule has 0 spiro atoms. The van der Waals surface area contributed by atoms with Crippen molar-refractivity contribution in [1.29, 1.82) is 0 Å². The Labute approximate surface area is 156 Å². The molecule has 0 aliphatic rings. The van der Waals surface area contributed by atoms with Gasteiger partial charge < -0.3 is 20.2 Å². The summed E-state index contributed by atoms with van der Waals surface area (Å²) in [7, 11) is 0. The van der Waals surface area contributed by atoms with Gasteiger partial charge in [-0.1, -0.05) is 48.5 Å². The Morgan fingerprint density at radius 3 is 2.48 bits per heavy atom. The highest BCUT2D eigenvalue weighted by Gasteiger charge is 2.27. The van der Waals surface area contributed by atoms with Gasteiger partial charge in [-0.3, -0.25) is 4.79 Å². The predicted molar refractivity (Wildman–Crippen MR) is 101 cm³/mol. The van der Waals surface area contributed by atoms with E-state index in [9.17, 15) is 19.5 Å². The summed E-state index contributed by atoms with van der Waals surface area (Å²) in [6, 6.07) is 15.8. The van der Waals surface area contributed by atoms with Crippen molar-refractivity contribution in [2.45, 2.75) is 24.8 Å². The smallest absolute Gasteiger partial charge is 0.326 e. The first-order valence-electron chi connectivity index (χ1n) is 8.67. The molecule has 3 aromatic rings. The minimum atomic E-state index is -1.23. The van der Waals surface area contributed by atoms with E-state index in [0.717, 1.165) is 22.0 Å². The van der Waals surface area contributed by atoms with E-state index in [1.165, 1.54) is 0 Å². The lowest BCUT2D eigenvalue weighted by atomic mass is 9.90. The first kappa shape index (κ1) is 18.4. The van der Waals surface area contributed by atoms with Crippen LogP contribution in [0.15, 0.2) is 60.8 Å². The topological polar surface area (TPSA) is 99.3 Å². The normalized spacial score (nSPS) is 13.0. The van der Waals surface area contributed by atoms with Gasteiger partial charge in [-0.05, 0) is 23.6 Å². The maximum Gasteiger partial charge on any atom is 0.326 e. The summed E-state index contributed by atoms with van der Waals surface area (Å²) in [4.78, 5) is 38.1. The van der Waals surface area contributed by atoms with Gasteiger partial charge in [-0.2, -0.15) is 0 Å². The molecule has 1 amide bonds. The van der Waals surface area contributed by atoms with E-state index in [1.54, 1.807) is 0 Å². The van der Waals surface area contributed by atoms with Gasteiger partial charge in [0.25, 0.3) is 0 Å². The van der Waals surface area contributed by atoms with Crippen LogP contribution >= 0.6 is 0 Å². The predicted octanol–water partition coefficient (Wildman–Crippen LogP) is 2.65. The first-order valence-corrected chi connectivity index (χ1v) is 8.67. The molecular weight excluding hydrogens is 344 g/mol. The van der Waals surface area contributed by atoms with E-state index in [-0.39, 0.29) is 6.42 Å². The van der Waals surface area contributed by atoms with Crippen molar-refractivity contribution in [3.05, 3.63) is 71.9 Å². The minimum Gasteiger partial charge on any atom is -0.480 e. The highest BCUT2D eigenvalue weighted by atomic mass is 16.4. The van der Waals surface area contributed by atoms with E-state index in [2.05, 4.69) is 10.3 Å². The summed E-state index contributed by atoms with van der Waals surface area (Å²) in [5.74, 6) is -2.21. The molecule has 1 heterocycles. The van der Waals surface area contributed by atoms with E-state index in [1.807, 2.05) is 60.8 Å². The van der Waals surface area contributed by atoms with Crippen molar-refractivity contribution in [3.8, 4) is 0 Å². The van der Waals surface area contributed by atoms with Crippen molar-refractivity contribution in [3.63, 3.8) is 0 Å². The Hall–Kier alpha value is -3.41. The number of aromatic amines is 1. The van der Waals surface area contributed by atoms with Gasteiger partial charge in [-0.25, -0.2) is 4.79 Å². The fourth-order valence-corrected chi connectivity index (χ4v) is 3.16. The van der Waals surface area contributed by atoms with E-state index in [0.29, 0.717) is 12.7 Å². The van der Waals surface area contributed by atoms with Crippen molar-refractivity contribution < 1.29 is 19.5 Å². The lowest BCUT2D eigenvalue weighted by Crippen LogP contribution is -2.43. The number of carboxylic acids is 1. The summed E-state index contributed by atoms with van der Waals surface area (Å²) >= 11 is 0. The number of benzene rings is 2. The average molecular weight is 364 g/mol. The zero-order valence-corrected chi connectivity index (χ0v) is 14.6. The lowest BCUT2D eigenvalue weighted by molar-refractivity contribution is -0.142. The molecule has 6 heteroatoms. The van der Waals surface area contributed by atoms with E-state index < -0.39 is 23.8 Å². The summed E-state index contributed by atoms with van der Waals surface area (Å²) in [6.07, 6.45) is 2.51. The monoisotopic (exact) mass is 364 g/mol. The summed E-state index contributed by atoms with van der Waals surface area (Å²) in [5.41, 5.74) is 2.73. The second kappa shape index (κ2) is 8.31. The molecule has 1 aromatic heterocycles. The van der Waals surface area contributed by atoms with Crippen molar-refractivity contribution in [1.82, 2.24) is 10.3 Å². The van der Waals surface area contributed by atoms with Crippen molar-refractivity contribution in [2.75, 3.05) is 0 Å². The van der Waals surface area contributed by atoms with Crippen LogP contribution in [0, 0.1) is 0 Å². The molecule has 2 atom stereocenters. The zero-order valence-electron chi connectivity index (χ0n) is 14.6. The molecule has 0 saturated heterocycles. The second-order valence-corrected chi connectivity index (χ2v) is 6.33. The first-order chi connectivity index (χ1) is 13.1. The highest BCUT2D eigenvalue weighted by molar-refractivity contribution is 5.90. The van der Waals surface area contributed by atoms with Gasteiger partial charge in [0.1, 0.15) is 12.3 Å². The number of carbonyl (C=O) groups is 3. The molecule has 0 aliphatic heterocycles. The number of fused-ring (bicyclic) bond motifs is 1. The Balaban J connectivity index is 1.90. The molecular formula is C21H20N2O4. The number of nitrogens with one attached hydrogen (secondary N) is 2. The molecule has 3 N–H and O–H groups in total. The van der Waals surface area contributed by atoms with Gasteiger partial charge in [0.15, 0.2) is 0 Å². The SMILES string of the molecule is O=CCC(NC(=O)C(Cc1c[nH]c2ccccc12)c1ccccc1)C(=O)O. The molecule has 0 aliphatic carbocycles. The van der Waals surface area contributed by atoms with E-state index in [4.69, 9.17) is 0 Å². The lowest BCUT2D eigenvalue weighted by Gasteiger charge is -2.20. The standard InChI is InChI=1S/C21H20N2O4/c24-11-10-19(21(26)27)23-20(25)17(14-6-2-1-3-7-14)12-15-13-22-18-9-5-4-8-16(15)18/h1-9,11,13,17,19,22H,10,12H2,(H,23,25)(H,26,27). The third-order valence-corrected chi connectivity index (χ3v) is 4.56. The molecule has 6 nitrogen and oxygen atoms in total. The second-order valence-electron chi connectivity index (χ2n) is 6.33. The fourth-order valence-electron chi connectivity index (χ4n) is 3.16. The number of carboxylic acid groups (broad SMARTS) is 1. The molecule has 0 saturated carbocycles. The number of para-hydroxylation sites is 1. The number of aldehydes is 1. The Kier molecular flexibility index (Phi) is 5.66. The number of hydrogen-bond donors (Lipinski definition) is 3. The molecule has 0 bridgehead atoms. The number of H-pyrrole nitrogens is 1. The molecule has 3 rings (SSSR count). The summed E-state index contributed by atoms with van der Waals surface area (Å²) in [6.45, 7) is 0. The molecule has 0 radical (unpaired) electrons. The molecule has 138 valence electrons. The molecule has 27 heavy (non-hydrogen) atoms. The number of hydrogen-bond acceptors (Lipinski definition) is 3. The fraction of sp³-hybridized carbons (Fsp3) is 0.190. The van der Waals surface area contributed by atoms with Crippen LogP contribution in [0.5, 0.6) is 0 Å². The van der Waals surface area contributed by atoms with Crippen LogP contribution < -0.4 is 5.32 Å². The van der Waals surface area contributed by atoms with Gasteiger partial charge in [0.05, 0.1) is 5.92 Å². The third-order valence-electron chi connectivity index (χ3n) is 4.56. The van der Waals surface area contributed by atoms with Crippen LogP contribution in [-0.4, -0.2) is 34.3 Å². The largest absolute Gasteiger partial charge is 0.480 e. The van der Waals surface area contributed by atoms with Gasteiger partial charge in [0, 0.05) is 23.5 Å². The third kappa shape index (κ3) is 4.23. The zero-order chi connectivity index (χ0) is 19.2. The van der Waals surface area contributed by atoms with Crippen LogP contribution in [0.25, 0.3) is 10.9 Å². The van der Waals surface area contributed by atoms with E-state index >= 15 is 0 Å².